The molecule has 246 valence electrons. The van der Waals surface area contributed by atoms with E-state index in [1.165, 1.54) is 29.2 Å². The third kappa shape index (κ3) is 9.08. The van der Waals surface area contributed by atoms with Crippen LogP contribution in [-0.2, 0) is 32.6 Å². The largest absolute Gasteiger partial charge is 0.352 e. The fourth-order valence-corrected chi connectivity index (χ4v) is 7.68. The lowest BCUT2D eigenvalue weighted by Gasteiger charge is -2.35. The van der Waals surface area contributed by atoms with Gasteiger partial charge < -0.3 is 10.2 Å². The fraction of sp³-hybridized carbons (Fsp3) is 0.297. The van der Waals surface area contributed by atoms with E-state index in [4.69, 9.17) is 0 Å². The first-order valence-electron chi connectivity index (χ1n) is 15.8. The van der Waals surface area contributed by atoms with Crippen LogP contribution < -0.4 is 9.62 Å². The van der Waals surface area contributed by atoms with Crippen LogP contribution in [0.5, 0.6) is 0 Å². The fourth-order valence-electron chi connectivity index (χ4n) is 5.88. The molecule has 0 unspecified atom stereocenters. The van der Waals surface area contributed by atoms with Gasteiger partial charge in [0.15, 0.2) is 0 Å². The highest BCUT2D eigenvalue weighted by atomic mass is 79.9. The Bertz CT molecular complexity index is 1760. The van der Waals surface area contributed by atoms with Crippen molar-refractivity contribution in [3.8, 4) is 0 Å². The number of amides is 2. The third-order valence-electron chi connectivity index (χ3n) is 8.47. The van der Waals surface area contributed by atoms with Crippen LogP contribution in [0.15, 0.2) is 112 Å². The lowest BCUT2D eigenvalue weighted by molar-refractivity contribution is -0.140. The molecule has 0 bridgehead atoms. The van der Waals surface area contributed by atoms with Crippen LogP contribution in [-0.4, -0.2) is 43.8 Å². The first kappa shape index (κ1) is 34.3. The summed E-state index contributed by atoms with van der Waals surface area (Å²) in [5.74, 6) is -1.29. The van der Waals surface area contributed by atoms with Gasteiger partial charge in [0.05, 0.1) is 10.6 Å². The molecule has 0 aromatic heterocycles. The molecular formula is C37H39BrFN3O4S. The van der Waals surface area contributed by atoms with Crippen LogP contribution in [0.25, 0.3) is 0 Å². The number of halogens is 2. The molecule has 10 heteroatoms. The highest BCUT2D eigenvalue weighted by Gasteiger charge is 2.35. The predicted molar refractivity (Wildman–Crippen MR) is 186 cm³/mol. The van der Waals surface area contributed by atoms with Crippen molar-refractivity contribution in [3.05, 3.63) is 130 Å². The summed E-state index contributed by atoms with van der Waals surface area (Å²) in [7, 11) is -4.21. The number of carbonyl (C=O) groups is 2. The molecule has 47 heavy (non-hydrogen) atoms. The Labute approximate surface area is 285 Å². The summed E-state index contributed by atoms with van der Waals surface area (Å²) in [6.45, 7) is 1.28. The average molecular weight is 721 g/mol. The topological polar surface area (TPSA) is 86.8 Å². The first-order valence-corrected chi connectivity index (χ1v) is 18.1. The van der Waals surface area contributed by atoms with E-state index >= 15 is 0 Å². The maximum absolute atomic E-state index is 14.6. The number of rotatable bonds is 12. The van der Waals surface area contributed by atoms with E-state index in [9.17, 15) is 22.4 Å². The molecule has 0 radical (unpaired) electrons. The number of nitrogens with zero attached hydrogens (tertiary/aromatic N) is 2. The molecule has 1 atom stereocenters. The minimum atomic E-state index is -4.21. The maximum atomic E-state index is 14.6. The van der Waals surface area contributed by atoms with Gasteiger partial charge in [0.2, 0.25) is 11.8 Å². The van der Waals surface area contributed by atoms with Crippen LogP contribution in [0, 0.1) is 12.7 Å². The Balaban J connectivity index is 1.56. The zero-order valence-electron chi connectivity index (χ0n) is 26.3. The first-order chi connectivity index (χ1) is 22.6. The summed E-state index contributed by atoms with van der Waals surface area (Å²) in [6, 6.07) is 27.4. The van der Waals surface area contributed by atoms with Crippen LogP contribution in [0.3, 0.4) is 0 Å². The van der Waals surface area contributed by atoms with E-state index in [2.05, 4.69) is 21.2 Å². The quantitative estimate of drug-likeness (QED) is 0.168. The second-order valence-corrected chi connectivity index (χ2v) is 14.8. The van der Waals surface area contributed by atoms with Crippen LogP contribution >= 0.6 is 15.9 Å². The third-order valence-corrected chi connectivity index (χ3v) is 10.8. The van der Waals surface area contributed by atoms with Crippen molar-refractivity contribution in [2.45, 2.75) is 69.0 Å². The second kappa shape index (κ2) is 15.7. The zero-order valence-corrected chi connectivity index (χ0v) is 28.7. The van der Waals surface area contributed by atoms with E-state index in [0.29, 0.717) is 15.7 Å². The van der Waals surface area contributed by atoms with Crippen LogP contribution in [0.2, 0.25) is 0 Å². The SMILES string of the molecule is Cc1ccc(S(=O)(=O)N(CC(=O)N(Cc2ccc(F)cc2)[C@H](Cc2ccccc2)C(=O)NC2CCCCC2)c2cccc(Br)c2)cc1. The van der Waals surface area contributed by atoms with Crippen molar-refractivity contribution < 1.29 is 22.4 Å². The van der Waals surface area contributed by atoms with Gasteiger partial charge in [-0.25, -0.2) is 12.8 Å². The minimum absolute atomic E-state index is 0.00243. The highest BCUT2D eigenvalue weighted by molar-refractivity contribution is 9.10. The number of nitrogens with one attached hydrogen (secondary N) is 1. The van der Waals surface area contributed by atoms with E-state index < -0.39 is 34.3 Å². The van der Waals surface area contributed by atoms with Crippen molar-refractivity contribution in [3.63, 3.8) is 0 Å². The number of aryl methyl sites for hydroxylation is 1. The highest BCUT2D eigenvalue weighted by Crippen LogP contribution is 2.28. The number of sulfonamides is 1. The Hall–Kier alpha value is -4.02. The minimum Gasteiger partial charge on any atom is -0.352 e. The number of hydrogen-bond donors (Lipinski definition) is 1. The van der Waals surface area contributed by atoms with Crippen molar-refractivity contribution >= 4 is 43.5 Å². The monoisotopic (exact) mass is 719 g/mol. The second-order valence-electron chi connectivity index (χ2n) is 12.0. The van der Waals surface area contributed by atoms with Gasteiger partial charge in [-0.05, 0) is 73.4 Å². The van der Waals surface area contributed by atoms with Crippen molar-refractivity contribution in [2.75, 3.05) is 10.8 Å². The summed E-state index contributed by atoms with van der Waals surface area (Å²) in [5.41, 5.74) is 2.65. The molecule has 0 aliphatic heterocycles. The Morgan fingerprint density at radius 3 is 2.21 bits per heavy atom. The molecule has 0 saturated heterocycles. The summed E-state index contributed by atoms with van der Waals surface area (Å²) < 4.78 is 44.0. The molecule has 1 saturated carbocycles. The van der Waals surface area contributed by atoms with Crippen molar-refractivity contribution in [1.82, 2.24) is 10.2 Å². The lowest BCUT2D eigenvalue weighted by atomic mass is 9.94. The standard InChI is InChI=1S/C37H39BrFN3O4S/c1-27-15-21-34(22-16-27)47(45,46)42(33-14-8-11-30(38)24-33)26-36(43)41(25-29-17-19-31(39)20-18-29)35(23-28-9-4-2-5-10-28)37(44)40-32-12-6-3-7-13-32/h2,4-5,8-11,14-22,24,32,35H,3,6-7,12-13,23,25-26H2,1H3,(H,40,44)/t35-/m1/s1. The maximum Gasteiger partial charge on any atom is 0.264 e. The molecule has 1 aliphatic carbocycles. The van der Waals surface area contributed by atoms with Crippen molar-refractivity contribution in [2.24, 2.45) is 0 Å². The van der Waals surface area contributed by atoms with Crippen LogP contribution in [0.1, 0.15) is 48.8 Å². The molecule has 4 aromatic rings. The Morgan fingerprint density at radius 1 is 0.872 bits per heavy atom. The van der Waals surface area contributed by atoms with Gasteiger partial charge in [0.25, 0.3) is 10.0 Å². The Kier molecular flexibility index (Phi) is 11.5. The van der Waals surface area contributed by atoms with Gasteiger partial charge in [0.1, 0.15) is 18.4 Å². The molecule has 5 rings (SSSR count). The molecule has 1 fully saturated rings. The van der Waals surface area contributed by atoms with Gasteiger partial charge in [-0.1, -0.05) is 101 Å². The molecule has 2 amide bonds. The van der Waals surface area contributed by atoms with E-state index in [1.807, 2.05) is 37.3 Å². The van der Waals surface area contributed by atoms with Crippen LogP contribution in [0.4, 0.5) is 10.1 Å². The van der Waals surface area contributed by atoms with Gasteiger partial charge in [-0.3, -0.25) is 13.9 Å². The molecule has 7 nitrogen and oxygen atoms in total. The molecule has 1 N–H and O–H groups in total. The lowest BCUT2D eigenvalue weighted by Crippen LogP contribution is -2.55. The van der Waals surface area contributed by atoms with E-state index in [0.717, 1.165) is 47.5 Å². The number of anilines is 1. The molecule has 0 heterocycles. The summed E-state index contributed by atoms with van der Waals surface area (Å²) in [6.07, 6.45) is 5.10. The molecule has 4 aromatic carbocycles. The normalized spacial score (nSPS) is 14.3. The van der Waals surface area contributed by atoms with Crippen molar-refractivity contribution in [1.29, 1.82) is 0 Å². The predicted octanol–water partition coefficient (Wildman–Crippen LogP) is 7.18. The molecule has 1 aliphatic rings. The van der Waals surface area contributed by atoms with Gasteiger partial charge in [-0.15, -0.1) is 0 Å². The number of carbonyl (C=O) groups excluding carboxylic acids is 2. The van der Waals surface area contributed by atoms with E-state index in [-0.39, 0.29) is 29.8 Å². The molecular weight excluding hydrogens is 681 g/mol. The molecule has 0 spiro atoms. The summed E-state index contributed by atoms with van der Waals surface area (Å²) in [5, 5.41) is 3.19. The number of hydrogen-bond acceptors (Lipinski definition) is 4. The number of benzene rings is 4. The zero-order chi connectivity index (χ0) is 33.4. The van der Waals surface area contributed by atoms with Gasteiger partial charge in [0, 0.05) is 23.5 Å². The van der Waals surface area contributed by atoms with Gasteiger partial charge >= 0.3 is 0 Å². The average Bonchev–Trinajstić information content (AvgIpc) is 3.07. The summed E-state index contributed by atoms with van der Waals surface area (Å²) >= 11 is 3.43. The van der Waals surface area contributed by atoms with Gasteiger partial charge in [-0.2, -0.15) is 0 Å². The summed E-state index contributed by atoms with van der Waals surface area (Å²) in [4.78, 5) is 30.2. The van der Waals surface area contributed by atoms with E-state index in [1.54, 1.807) is 48.5 Å². The smallest absolute Gasteiger partial charge is 0.264 e. The Morgan fingerprint density at radius 2 is 1.55 bits per heavy atom.